The molecule has 4 heteroatoms. The number of carbonyl (C=O) groups is 2. The Kier molecular flexibility index (Phi) is 5.94. The molecule has 0 spiro atoms. The molecule has 0 saturated carbocycles. The van der Waals surface area contributed by atoms with E-state index in [2.05, 4.69) is 0 Å². The van der Waals surface area contributed by atoms with Crippen molar-refractivity contribution in [1.29, 1.82) is 0 Å². The molecule has 1 radical (unpaired) electrons. The Hall–Kier alpha value is -1.84. The lowest BCUT2D eigenvalue weighted by atomic mass is 9.79. The molecular formula is C17H23O4. The lowest BCUT2D eigenvalue weighted by molar-refractivity contribution is -0.157. The first kappa shape index (κ1) is 17.2. The molecule has 1 aromatic carbocycles. The summed E-state index contributed by atoms with van der Waals surface area (Å²) in [6, 6.07) is 7.67. The minimum Gasteiger partial charge on any atom is -0.481 e. The maximum atomic E-state index is 12.3. The highest BCUT2D eigenvalue weighted by Gasteiger charge is 2.38. The van der Waals surface area contributed by atoms with Crippen LogP contribution >= 0.6 is 0 Å². The molecule has 1 aromatic rings. The van der Waals surface area contributed by atoms with Gasteiger partial charge in [0.1, 0.15) is 6.61 Å². The number of hydrogen-bond acceptors (Lipinski definition) is 3. The van der Waals surface area contributed by atoms with Crippen LogP contribution in [0.1, 0.15) is 38.3 Å². The molecule has 115 valence electrons. The van der Waals surface area contributed by atoms with Gasteiger partial charge < -0.3 is 9.84 Å². The Labute approximate surface area is 126 Å². The number of carboxylic acids is 1. The minimum atomic E-state index is -1.11. The Bertz CT molecular complexity index is 490. The van der Waals surface area contributed by atoms with E-state index < -0.39 is 17.4 Å². The van der Waals surface area contributed by atoms with E-state index in [0.717, 1.165) is 17.5 Å². The van der Waals surface area contributed by atoms with Crippen LogP contribution in [0.25, 0.3) is 0 Å². The van der Waals surface area contributed by atoms with E-state index >= 15 is 0 Å². The van der Waals surface area contributed by atoms with E-state index in [1.807, 2.05) is 45.0 Å². The molecule has 0 amide bonds. The molecule has 4 nitrogen and oxygen atoms in total. The molecular weight excluding hydrogens is 268 g/mol. The summed E-state index contributed by atoms with van der Waals surface area (Å²) in [6.07, 6.45) is 1.47. The third-order valence-corrected chi connectivity index (χ3v) is 3.23. The molecule has 1 rings (SSSR count). The molecule has 0 aliphatic heterocycles. The number of ether oxygens (including phenoxy) is 1. The summed E-state index contributed by atoms with van der Waals surface area (Å²) < 4.78 is 5.30. The number of rotatable bonds is 7. The Balaban J connectivity index is 2.72. The van der Waals surface area contributed by atoms with Crippen molar-refractivity contribution in [3.8, 4) is 0 Å². The van der Waals surface area contributed by atoms with E-state index in [1.165, 1.54) is 0 Å². The number of hydrogen-bond donors (Lipinski definition) is 1. The smallest absolute Gasteiger partial charge is 0.313 e. The molecule has 1 N–H and O–H groups in total. The molecule has 0 saturated heterocycles. The van der Waals surface area contributed by atoms with Crippen LogP contribution < -0.4 is 0 Å². The van der Waals surface area contributed by atoms with Crippen LogP contribution in [-0.2, 0) is 20.9 Å². The van der Waals surface area contributed by atoms with Crippen molar-refractivity contribution >= 4 is 11.9 Å². The van der Waals surface area contributed by atoms with Gasteiger partial charge in [-0.3, -0.25) is 9.59 Å². The predicted octanol–water partition coefficient (Wildman–Crippen LogP) is 3.38. The fraction of sp³-hybridized carbons (Fsp3) is 0.471. The highest BCUT2D eigenvalue weighted by molar-refractivity contribution is 5.89. The summed E-state index contributed by atoms with van der Waals surface area (Å²) in [5.41, 5.74) is 0.912. The van der Waals surface area contributed by atoms with Crippen molar-refractivity contribution in [2.75, 3.05) is 0 Å². The second-order valence-corrected chi connectivity index (χ2v) is 6.06. The minimum absolute atomic E-state index is 0.153. The number of carboxylic acid groups (broad SMARTS) is 1. The van der Waals surface area contributed by atoms with E-state index in [4.69, 9.17) is 9.84 Å². The van der Waals surface area contributed by atoms with Crippen LogP contribution in [-0.4, -0.2) is 17.0 Å². The predicted molar refractivity (Wildman–Crippen MR) is 80.5 cm³/mol. The second-order valence-electron chi connectivity index (χ2n) is 6.06. The van der Waals surface area contributed by atoms with Crippen LogP contribution in [0.15, 0.2) is 24.3 Å². The number of benzene rings is 1. The molecule has 21 heavy (non-hydrogen) atoms. The van der Waals surface area contributed by atoms with Crippen LogP contribution in [0.2, 0.25) is 0 Å². The van der Waals surface area contributed by atoms with Crippen LogP contribution in [0.3, 0.4) is 0 Å². The zero-order valence-electron chi connectivity index (χ0n) is 13.1. The lowest BCUT2D eigenvalue weighted by Crippen LogP contribution is -2.34. The third-order valence-electron chi connectivity index (χ3n) is 3.23. The fourth-order valence-electron chi connectivity index (χ4n) is 2.32. The summed E-state index contributed by atoms with van der Waals surface area (Å²) in [7, 11) is 0. The molecule has 0 aromatic heterocycles. The second kappa shape index (κ2) is 7.25. The quantitative estimate of drug-likeness (QED) is 0.782. The van der Waals surface area contributed by atoms with Gasteiger partial charge in [0.15, 0.2) is 0 Å². The van der Waals surface area contributed by atoms with Crippen LogP contribution in [0.4, 0.5) is 0 Å². The van der Waals surface area contributed by atoms with Crippen molar-refractivity contribution in [1.82, 2.24) is 0 Å². The molecule has 0 aliphatic carbocycles. The molecule has 1 unspecified atom stereocenters. The molecule has 0 bridgehead atoms. The van der Waals surface area contributed by atoms with Gasteiger partial charge in [-0.1, -0.05) is 43.7 Å². The summed E-state index contributed by atoms with van der Waals surface area (Å²) in [5, 5.41) is 8.96. The molecule has 0 heterocycles. The van der Waals surface area contributed by atoms with Crippen LogP contribution in [0, 0.1) is 24.7 Å². The van der Waals surface area contributed by atoms with Gasteiger partial charge in [0.2, 0.25) is 0 Å². The first-order valence-corrected chi connectivity index (χ1v) is 7.04. The highest BCUT2D eigenvalue weighted by Crippen LogP contribution is 2.31. The SMILES string of the molecule is Cc1ccc(COC(=O)C(C)([CH]C(=O)O)CC(C)C)cc1. The van der Waals surface area contributed by atoms with Crippen molar-refractivity contribution < 1.29 is 19.4 Å². The van der Waals surface area contributed by atoms with Gasteiger partial charge in [0, 0.05) is 0 Å². The number of aryl methyl sites for hydroxylation is 1. The van der Waals surface area contributed by atoms with Gasteiger partial charge in [-0.25, -0.2) is 0 Å². The normalized spacial score (nSPS) is 13.8. The van der Waals surface area contributed by atoms with E-state index in [1.54, 1.807) is 6.92 Å². The van der Waals surface area contributed by atoms with Gasteiger partial charge in [0.25, 0.3) is 0 Å². The van der Waals surface area contributed by atoms with Gasteiger partial charge in [0.05, 0.1) is 11.8 Å². The number of carbonyl (C=O) groups excluding carboxylic acids is 1. The van der Waals surface area contributed by atoms with Crippen molar-refractivity contribution in [3.63, 3.8) is 0 Å². The van der Waals surface area contributed by atoms with Gasteiger partial charge in [-0.2, -0.15) is 0 Å². The Morgan fingerprint density at radius 2 is 1.86 bits per heavy atom. The lowest BCUT2D eigenvalue weighted by Gasteiger charge is -2.27. The highest BCUT2D eigenvalue weighted by atomic mass is 16.5. The van der Waals surface area contributed by atoms with E-state index in [-0.39, 0.29) is 12.5 Å². The summed E-state index contributed by atoms with van der Waals surface area (Å²) in [4.78, 5) is 23.2. The first-order chi connectivity index (χ1) is 9.73. The number of aliphatic carboxylic acids is 1. The van der Waals surface area contributed by atoms with E-state index in [0.29, 0.717) is 6.42 Å². The summed E-state index contributed by atoms with van der Waals surface area (Å²) >= 11 is 0. The maximum Gasteiger partial charge on any atom is 0.313 e. The number of esters is 1. The van der Waals surface area contributed by atoms with Crippen molar-refractivity contribution in [2.45, 2.75) is 40.7 Å². The standard InChI is InChI=1S/C17H23O4/c1-12(2)9-17(4,10-15(18)19)16(20)21-11-14-7-5-13(3)6-8-14/h5-8,10,12H,9,11H2,1-4H3,(H,18,19). The average molecular weight is 291 g/mol. The zero-order chi connectivity index (χ0) is 16.0. The zero-order valence-corrected chi connectivity index (χ0v) is 13.1. The van der Waals surface area contributed by atoms with Crippen molar-refractivity contribution in [3.05, 3.63) is 41.8 Å². The monoisotopic (exact) mass is 291 g/mol. The van der Waals surface area contributed by atoms with E-state index in [9.17, 15) is 9.59 Å². The van der Waals surface area contributed by atoms with Gasteiger partial charge in [-0.15, -0.1) is 0 Å². The Morgan fingerprint density at radius 1 is 1.29 bits per heavy atom. The topological polar surface area (TPSA) is 63.6 Å². The van der Waals surface area contributed by atoms with Crippen molar-refractivity contribution in [2.24, 2.45) is 11.3 Å². The van der Waals surface area contributed by atoms with Gasteiger partial charge >= 0.3 is 11.9 Å². The summed E-state index contributed by atoms with van der Waals surface area (Å²) in [5.74, 6) is -1.41. The fourth-order valence-corrected chi connectivity index (χ4v) is 2.32. The average Bonchev–Trinajstić information content (AvgIpc) is 2.35. The third kappa shape index (κ3) is 5.58. The van der Waals surface area contributed by atoms with Crippen LogP contribution in [0.5, 0.6) is 0 Å². The first-order valence-electron chi connectivity index (χ1n) is 7.04. The largest absolute Gasteiger partial charge is 0.481 e. The van der Waals surface area contributed by atoms with Gasteiger partial charge in [-0.05, 0) is 31.7 Å². The molecule has 0 fully saturated rings. The molecule has 0 aliphatic rings. The summed E-state index contributed by atoms with van der Waals surface area (Å²) in [6.45, 7) is 7.64. The molecule has 1 atom stereocenters. The maximum absolute atomic E-state index is 12.3. The Morgan fingerprint density at radius 3 is 2.33 bits per heavy atom.